The lowest BCUT2D eigenvalue weighted by Crippen LogP contribution is -2.47. The van der Waals surface area contributed by atoms with Gasteiger partial charge in [0.15, 0.2) is 5.82 Å². The van der Waals surface area contributed by atoms with Crippen molar-refractivity contribution in [3.8, 4) is 11.1 Å². The number of amides is 2. The van der Waals surface area contributed by atoms with Crippen LogP contribution in [0, 0.1) is 0 Å². The number of unbranched alkanes of at least 4 members (excludes halogenated alkanes) is 1. The molecule has 178 valence electrons. The summed E-state index contributed by atoms with van der Waals surface area (Å²) in [5, 5.41) is 13.1. The minimum Gasteiger partial charge on any atom is -0.465 e. The van der Waals surface area contributed by atoms with E-state index < -0.39 is 30.1 Å². The molecule has 0 radical (unpaired) electrons. The number of halogens is 3. The number of hydrogen-bond acceptors (Lipinski definition) is 3. The summed E-state index contributed by atoms with van der Waals surface area (Å²) in [6, 6.07) is 14.7. The van der Waals surface area contributed by atoms with Crippen LogP contribution in [-0.4, -0.2) is 39.4 Å². The molecule has 0 atom stereocenters. The van der Waals surface area contributed by atoms with E-state index in [9.17, 15) is 22.8 Å². The van der Waals surface area contributed by atoms with Crippen LogP contribution in [0.5, 0.6) is 0 Å². The molecule has 3 aromatic rings. The highest BCUT2D eigenvalue weighted by Crippen LogP contribution is 2.51. The molecule has 0 saturated carbocycles. The first-order valence-corrected chi connectivity index (χ1v) is 10.8. The maximum Gasteiger partial charge on any atom is 0.410 e. The van der Waals surface area contributed by atoms with Crippen molar-refractivity contribution >= 4 is 17.8 Å². The number of fused-ring (bicyclic) bond motifs is 3. The molecule has 3 N–H and O–H groups in total. The Balaban J connectivity index is 1.58. The average molecular weight is 472 g/mol. The van der Waals surface area contributed by atoms with E-state index in [-0.39, 0.29) is 5.82 Å². The van der Waals surface area contributed by atoms with Crippen molar-refractivity contribution in [3.63, 3.8) is 0 Å². The van der Waals surface area contributed by atoms with Gasteiger partial charge in [-0.15, -0.1) is 0 Å². The zero-order chi connectivity index (χ0) is 24.3. The van der Waals surface area contributed by atoms with Crippen LogP contribution in [0.25, 0.3) is 11.1 Å². The molecule has 1 aromatic heterocycles. The van der Waals surface area contributed by atoms with Gasteiger partial charge in [0.2, 0.25) is 5.91 Å². The van der Waals surface area contributed by atoms with Crippen LogP contribution in [0.1, 0.15) is 30.4 Å². The summed E-state index contributed by atoms with van der Waals surface area (Å²) in [6.45, 7) is -0.885. The van der Waals surface area contributed by atoms with Gasteiger partial charge in [-0.2, -0.15) is 13.2 Å². The van der Waals surface area contributed by atoms with E-state index in [0.717, 1.165) is 11.1 Å². The number of nitrogens with zero attached hydrogens (tertiary/aromatic N) is 2. The summed E-state index contributed by atoms with van der Waals surface area (Å²) in [6.07, 6.45) is -1.20. The Labute approximate surface area is 193 Å². The van der Waals surface area contributed by atoms with Gasteiger partial charge in [0.05, 0.1) is 6.33 Å². The van der Waals surface area contributed by atoms with E-state index in [1.807, 2.05) is 36.4 Å². The van der Waals surface area contributed by atoms with Crippen LogP contribution in [0.2, 0.25) is 0 Å². The Morgan fingerprint density at radius 3 is 2.21 bits per heavy atom. The Bertz CT molecular complexity index is 1160. The zero-order valence-electron chi connectivity index (χ0n) is 18.1. The lowest BCUT2D eigenvalue weighted by molar-refractivity contribution is -0.141. The summed E-state index contributed by atoms with van der Waals surface area (Å²) < 4.78 is 40.5. The van der Waals surface area contributed by atoms with Crippen LogP contribution >= 0.6 is 0 Å². The Morgan fingerprint density at radius 1 is 1.00 bits per heavy atom. The van der Waals surface area contributed by atoms with E-state index in [1.165, 1.54) is 6.33 Å². The smallest absolute Gasteiger partial charge is 0.410 e. The molecule has 0 spiro atoms. The summed E-state index contributed by atoms with van der Waals surface area (Å²) in [5.41, 5.74) is 1.86. The fourth-order valence-electron chi connectivity index (χ4n) is 4.63. The Hall–Kier alpha value is -3.82. The van der Waals surface area contributed by atoms with E-state index in [4.69, 9.17) is 5.11 Å². The fraction of sp³-hybridized carbons (Fsp3) is 0.292. The third-order valence-corrected chi connectivity index (χ3v) is 5.99. The molecule has 4 rings (SSSR count). The van der Waals surface area contributed by atoms with Gasteiger partial charge in [-0.25, -0.2) is 9.78 Å². The molecule has 0 fully saturated rings. The topological polar surface area (TPSA) is 96.2 Å². The molecular weight excluding hydrogens is 449 g/mol. The number of carboxylic acid groups (broad SMARTS) is 1. The first-order valence-electron chi connectivity index (χ1n) is 10.8. The van der Waals surface area contributed by atoms with Gasteiger partial charge in [0.1, 0.15) is 12.0 Å². The first-order chi connectivity index (χ1) is 16.2. The first kappa shape index (κ1) is 23.3. The second-order valence-electron chi connectivity index (χ2n) is 8.18. The summed E-state index contributed by atoms with van der Waals surface area (Å²) >= 11 is 0. The van der Waals surface area contributed by atoms with Gasteiger partial charge >= 0.3 is 12.3 Å². The number of aromatic nitrogens is 2. The number of benzene rings is 2. The van der Waals surface area contributed by atoms with E-state index in [2.05, 4.69) is 15.6 Å². The quantitative estimate of drug-likeness (QED) is 0.411. The zero-order valence-corrected chi connectivity index (χ0v) is 18.1. The minimum atomic E-state index is -4.52. The Kier molecular flexibility index (Phi) is 6.32. The lowest BCUT2D eigenvalue weighted by atomic mass is 9.73. The number of aryl methyl sites for hydroxylation is 1. The molecule has 2 amide bonds. The van der Waals surface area contributed by atoms with Crippen LogP contribution in [0.15, 0.2) is 61.1 Å². The van der Waals surface area contributed by atoms with Gasteiger partial charge in [-0.1, -0.05) is 48.5 Å². The predicted octanol–water partition coefficient (Wildman–Crippen LogP) is 4.79. The van der Waals surface area contributed by atoms with Crippen LogP contribution in [0.4, 0.5) is 23.8 Å². The molecule has 10 heteroatoms. The van der Waals surface area contributed by atoms with Gasteiger partial charge in [0.25, 0.3) is 0 Å². The van der Waals surface area contributed by atoms with Crippen molar-refractivity contribution in [1.82, 2.24) is 14.9 Å². The van der Waals surface area contributed by atoms with Crippen molar-refractivity contribution in [2.75, 3.05) is 11.9 Å². The summed E-state index contributed by atoms with van der Waals surface area (Å²) in [5.74, 6) is -0.466. The molecule has 2 aromatic carbocycles. The number of hydrogen-bond donors (Lipinski definition) is 3. The minimum absolute atomic E-state index is 0.203. The second-order valence-corrected chi connectivity index (χ2v) is 8.18. The monoisotopic (exact) mass is 472 g/mol. The van der Waals surface area contributed by atoms with Gasteiger partial charge in [0, 0.05) is 12.7 Å². The lowest BCUT2D eigenvalue weighted by Gasteiger charge is -2.31. The number of carbonyl (C=O) groups is 2. The van der Waals surface area contributed by atoms with Crippen molar-refractivity contribution in [2.45, 2.75) is 37.4 Å². The normalized spacial score (nSPS) is 13.7. The molecular formula is C24H23F3N4O3. The molecule has 1 aliphatic carbocycles. The van der Waals surface area contributed by atoms with Crippen molar-refractivity contribution in [3.05, 3.63) is 72.2 Å². The molecule has 1 aliphatic rings. The SMILES string of the molecule is O=C(O)Nc1cn(CCCCC2(C(=O)NCC(F)(F)F)c3ccccc3-c3ccccc32)cn1. The molecule has 0 unspecified atom stereocenters. The fourth-order valence-corrected chi connectivity index (χ4v) is 4.63. The average Bonchev–Trinajstić information content (AvgIpc) is 3.35. The number of anilines is 1. The number of nitrogens with one attached hydrogen (secondary N) is 2. The largest absolute Gasteiger partial charge is 0.465 e. The maximum absolute atomic E-state index is 13.4. The number of carbonyl (C=O) groups excluding carboxylic acids is 1. The standard InChI is InChI=1S/C24H23F3N4O3/c25-24(26,27)14-28-21(32)23(11-5-6-12-31-13-20(29-15-31)30-22(33)34)18-9-3-1-7-16(18)17-8-2-4-10-19(17)23/h1-4,7-10,13,15,30H,5-6,11-12,14H2,(H,28,32)(H,33,34). The maximum atomic E-state index is 13.4. The van der Waals surface area contributed by atoms with Gasteiger partial charge < -0.3 is 15.0 Å². The molecule has 34 heavy (non-hydrogen) atoms. The molecule has 0 bridgehead atoms. The highest BCUT2D eigenvalue weighted by molar-refractivity contribution is 6.00. The number of alkyl halides is 3. The van der Waals surface area contributed by atoms with Crippen molar-refractivity contribution in [2.24, 2.45) is 0 Å². The van der Waals surface area contributed by atoms with Gasteiger partial charge in [-0.05, 0) is 41.5 Å². The second kappa shape index (κ2) is 9.20. The van der Waals surface area contributed by atoms with Crippen LogP contribution < -0.4 is 10.6 Å². The summed E-state index contributed by atoms with van der Waals surface area (Å²) in [4.78, 5) is 28.1. The van der Waals surface area contributed by atoms with Crippen LogP contribution in [0.3, 0.4) is 0 Å². The summed E-state index contributed by atoms with van der Waals surface area (Å²) in [7, 11) is 0. The van der Waals surface area contributed by atoms with E-state index in [0.29, 0.717) is 36.9 Å². The molecule has 0 saturated heterocycles. The van der Waals surface area contributed by atoms with Gasteiger partial charge in [-0.3, -0.25) is 10.1 Å². The number of rotatable bonds is 8. The Morgan fingerprint density at radius 2 is 1.62 bits per heavy atom. The van der Waals surface area contributed by atoms with Crippen molar-refractivity contribution < 1.29 is 27.9 Å². The van der Waals surface area contributed by atoms with E-state index >= 15 is 0 Å². The van der Waals surface area contributed by atoms with E-state index in [1.54, 1.807) is 22.9 Å². The van der Waals surface area contributed by atoms with Crippen LogP contribution in [-0.2, 0) is 16.8 Å². The molecule has 0 aliphatic heterocycles. The third-order valence-electron chi connectivity index (χ3n) is 5.99. The predicted molar refractivity (Wildman–Crippen MR) is 119 cm³/mol. The molecule has 1 heterocycles. The third kappa shape index (κ3) is 4.61. The molecule has 7 nitrogen and oxygen atoms in total. The van der Waals surface area contributed by atoms with Crippen molar-refractivity contribution in [1.29, 1.82) is 0 Å². The number of imidazole rings is 1. The highest BCUT2D eigenvalue weighted by Gasteiger charge is 2.49. The highest BCUT2D eigenvalue weighted by atomic mass is 19.4.